The van der Waals surface area contributed by atoms with E-state index in [2.05, 4.69) is 17.4 Å². The van der Waals surface area contributed by atoms with Crippen LogP contribution in [0.2, 0.25) is 0 Å². The number of carbonyl (C=O) groups is 1. The molecule has 1 atom stereocenters. The Kier molecular flexibility index (Phi) is 5.06. The third kappa shape index (κ3) is 3.56. The lowest BCUT2D eigenvalue weighted by Crippen LogP contribution is -2.45. The maximum atomic E-state index is 13.2. The third-order valence-corrected chi connectivity index (χ3v) is 7.05. The number of nitrogens with zero attached hydrogens (tertiary/aromatic N) is 1. The molecule has 0 spiro atoms. The number of carbonyl (C=O) groups excluding carboxylic acids is 1. The van der Waals surface area contributed by atoms with Crippen LogP contribution in [0.25, 0.3) is 10.8 Å². The molecule has 1 aliphatic rings. The number of aryl methyl sites for hydroxylation is 4. The second-order valence-electron chi connectivity index (χ2n) is 8.13. The van der Waals surface area contributed by atoms with E-state index in [9.17, 15) is 13.2 Å². The fraction of sp³-hybridized carbons (Fsp3) is 0.292. The topological polar surface area (TPSA) is 66.5 Å². The van der Waals surface area contributed by atoms with Crippen molar-refractivity contribution in [2.45, 2.75) is 39.7 Å². The molecule has 3 aromatic carbocycles. The van der Waals surface area contributed by atoms with Crippen molar-refractivity contribution >= 4 is 38.1 Å². The highest BCUT2D eigenvalue weighted by Gasteiger charge is 2.30. The Hall–Kier alpha value is -2.86. The highest BCUT2D eigenvalue weighted by molar-refractivity contribution is 7.92. The van der Waals surface area contributed by atoms with Gasteiger partial charge in [-0.15, -0.1) is 0 Å². The zero-order chi connectivity index (χ0) is 21.6. The fourth-order valence-corrected chi connectivity index (χ4v) is 5.56. The lowest BCUT2D eigenvalue weighted by Gasteiger charge is -2.30. The average Bonchev–Trinajstić information content (AvgIpc) is 3.10. The summed E-state index contributed by atoms with van der Waals surface area (Å²) >= 11 is 0. The number of rotatable bonds is 5. The number of benzene rings is 3. The third-order valence-electron chi connectivity index (χ3n) is 5.83. The van der Waals surface area contributed by atoms with E-state index in [1.165, 1.54) is 20.8 Å². The molecule has 0 aliphatic heterocycles. The second-order valence-corrected chi connectivity index (χ2v) is 9.99. The van der Waals surface area contributed by atoms with Crippen LogP contribution < -0.4 is 9.62 Å². The Bertz CT molecular complexity index is 1250. The molecule has 0 bridgehead atoms. The van der Waals surface area contributed by atoms with Gasteiger partial charge in [0.1, 0.15) is 6.04 Å². The zero-order valence-corrected chi connectivity index (χ0v) is 18.5. The van der Waals surface area contributed by atoms with E-state index in [1.54, 1.807) is 13.0 Å². The molecule has 30 heavy (non-hydrogen) atoms. The standard InChI is InChI=1S/C24H26N2O3S/c1-15-8-9-16(2)22(14-15)26(30(4,28)29)17(3)24(27)25-21-13-12-19-11-10-18-6-5-7-20(21)23(18)19/h5-9,12-14,17H,10-11H2,1-4H3,(H,25,27)/t17-/m1/s1. The van der Waals surface area contributed by atoms with Gasteiger partial charge in [-0.1, -0.05) is 36.4 Å². The molecule has 0 aromatic heterocycles. The second kappa shape index (κ2) is 7.43. The van der Waals surface area contributed by atoms with Gasteiger partial charge in [0.25, 0.3) is 0 Å². The highest BCUT2D eigenvalue weighted by Crippen LogP contribution is 2.35. The summed E-state index contributed by atoms with van der Waals surface area (Å²) in [4.78, 5) is 13.2. The van der Waals surface area contributed by atoms with Gasteiger partial charge < -0.3 is 5.32 Å². The predicted molar refractivity (Wildman–Crippen MR) is 123 cm³/mol. The van der Waals surface area contributed by atoms with Crippen LogP contribution in [0.1, 0.15) is 29.2 Å². The summed E-state index contributed by atoms with van der Waals surface area (Å²) < 4.78 is 26.5. The number of sulfonamides is 1. The van der Waals surface area contributed by atoms with Crippen LogP contribution in [0, 0.1) is 13.8 Å². The van der Waals surface area contributed by atoms with Crippen LogP contribution in [-0.2, 0) is 27.7 Å². The van der Waals surface area contributed by atoms with E-state index in [0.717, 1.165) is 35.6 Å². The van der Waals surface area contributed by atoms with E-state index in [0.29, 0.717) is 11.4 Å². The van der Waals surface area contributed by atoms with E-state index >= 15 is 0 Å². The number of nitrogens with one attached hydrogen (secondary N) is 1. The minimum absolute atomic E-state index is 0.361. The van der Waals surface area contributed by atoms with Gasteiger partial charge in [-0.3, -0.25) is 9.10 Å². The number of hydrogen-bond acceptors (Lipinski definition) is 3. The molecule has 0 saturated carbocycles. The summed E-state index contributed by atoms with van der Waals surface area (Å²) in [5, 5.41) is 5.18. The van der Waals surface area contributed by atoms with Gasteiger partial charge in [0.05, 0.1) is 11.9 Å². The summed E-state index contributed by atoms with van der Waals surface area (Å²) in [6, 6.07) is 14.8. The minimum Gasteiger partial charge on any atom is -0.324 e. The van der Waals surface area contributed by atoms with Crippen molar-refractivity contribution in [1.29, 1.82) is 0 Å². The first-order valence-corrected chi connectivity index (χ1v) is 11.9. The molecule has 156 valence electrons. The van der Waals surface area contributed by atoms with Gasteiger partial charge in [0, 0.05) is 11.1 Å². The van der Waals surface area contributed by atoms with E-state index in [1.807, 2.05) is 44.2 Å². The van der Waals surface area contributed by atoms with E-state index < -0.39 is 16.1 Å². The van der Waals surface area contributed by atoms with Crippen molar-refractivity contribution in [3.63, 3.8) is 0 Å². The lowest BCUT2D eigenvalue weighted by atomic mass is 10.0. The Balaban J connectivity index is 1.71. The molecule has 1 aliphatic carbocycles. The summed E-state index contributed by atoms with van der Waals surface area (Å²) in [5.74, 6) is -0.361. The first kappa shape index (κ1) is 20.4. The quantitative estimate of drug-likeness (QED) is 0.665. The van der Waals surface area contributed by atoms with Crippen molar-refractivity contribution in [2.75, 3.05) is 15.9 Å². The first-order valence-electron chi connectivity index (χ1n) is 10.1. The molecule has 1 amide bonds. The van der Waals surface area contributed by atoms with Gasteiger partial charge in [-0.2, -0.15) is 0 Å². The van der Waals surface area contributed by atoms with Crippen molar-refractivity contribution in [3.8, 4) is 0 Å². The smallest absolute Gasteiger partial charge is 0.248 e. The Morgan fingerprint density at radius 1 is 1.03 bits per heavy atom. The molecular formula is C24H26N2O3S. The number of anilines is 2. The van der Waals surface area contributed by atoms with Crippen LogP contribution in [-0.4, -0.2) is 26.6 Å². The molecule has 0 heterocycles. The van der Waals surface area contributed by atoms with Crippen LogP contribution >= 0.6 is 0 Å². The first-order chi connectivity index (χ1) is 14.2. The molecule has 0 radical (unpaired) electrons. The molecule has 0 saturated heterocycles. The molecule has 0 fully saturated rings. The summed E-state index contributed by atoms with van der Waals surface area (Å²) in [7, 11) is -3.67. The minimum atomic E-state index is -3.67. The largest absolute Gasteiger partial charge is 0.324 e. The molecule has 5 nitrogen and oxygen atoms in total. The average molecular weight is 423 g/mol. The van der Waals surface area contributed by atoms with Crippen molar-refractivity contribution < 1.29 is 13.2 Å². The maximum absolute atomic E-state index is 13.2. The fourth-order valence-electron chi connectivity index (χ4n) is 4.33. The van der Waals surface area contributed by atoms with Crippen LogP contribution in [0.3, 0.4) is 0 Å². The molecule has 1 N–H and O–H groups in total. The summed E-state index contributed by atoms with van der Waals surface area (Å²) in [6.45, 7) is 5.37. The van der Waals surface area contributed by atoms with Crippen LogP contribution in [0.15, 0.2) is 48.5 Å². The number of hydrogen-bond donors (Lipinski definition) is 1. The predicted octanol–water partition coefficient (Wildman–Crippen LogP) is 4.35. The van der Waals surface area contributed by atoms with Gasteiger partial charge in [-0.25, -0.2) is 8.42 Å². The Labute approximate surface area is 177 Å². The normalized spacial score (nSPS) is 14.0. The van der Waals surface area contributed by atoms with Crippen LogP contribution in [0.5, 0.6) is 0 Å². The molecule has 6 heteroatoms. The van der Waals surface area contributed by atoms with Gasteiger partial charge in [-0.05, 0) is 73.4 Å². The maximum Gasteiger partial charge on any atom is 0.248 e. The van der Waals surface area contributed by atoms with E-state index in [4.69, 9.17) is 0 Å². The van der Waals surface area contributed by atoms with Crippen LogP contribution in [0.4, 0.5) is 11.4 Å². The monoisotopic (exact) mass is 422 g/mol. The van der Waals surface area contributed by atoms with Gasteiger partial charge in [0.2, 0.25) is 15.9 Å². The SMILES string of the molecule is Cc1ccc(C)c(N([C@H](C)C(=O)Nc2ccc3c4c(cccc24)CC3)S(C)(=O)=O)c1. The zero-order valence-electron chi connectivity index (χ0n) is 17.7. The molecule has 4 rings (SSSR count). The molecule has 3 aromatic rings. The Morgan fingerprint density at radius 2 is 1.73 bits per heavy atom. The summed E-state index contributed by atoms with van der Waals surface area (Å²) in [6.07, 6.45) is 3.15. The van der Waals surface area contributed by atoms with Crippen molar-refractivity contribution in [3.05, 3.63) is 70.8 Å². The lowest BCUT2D eigenvalue weighted by molar-refractivity contribution is -0.116. The molecular weight excluding hydrogens is 396 g/mol. The Morgan fingerprint density at radius 3 is 2.43 bits per heavy atom. The van der Waals surface area contributed by atoms with Crippen molar-refractivity contribution in [1.82, 2.24) is 0 Å². The molecule has 0 unspecified atom stereocenters. The van der Waals surface area contributed by atoms with Gasteiger partial charge >= 0.3 is 0 Å². The highest BCUT2D eigenvalue weighted by atomic mass is 32.2. The van der Waals surface area contributed by atoms with Gasteiger partial charge in [0.15, 0.2) is 0 Å². The summed E-state index contributed by atoms with van der Waals surface area (Å²) in [5.41, 5.74) is 5.56. The number of amides is 1. The van der Waals surface area contributed by atoms with Crippen molar-refractivity contribution in [2.24, 2.45) is 0 Å². The van der Waals surface area contributed by atoms with E-state index in [-0.39, 0.29) is 5.91 Å².